The van der Waals surface area contributed by atoms with Crippen molar-refractivity contribution in [1.29, 1.82) is 0 Å². The fourth-order valence-corrected chi connectivity index (χ4v) is 2.22. The summed E-state index contributed by atoms with van der Waals surface area (Å²) in [7, 11) is 1.91. The second-order valence-corrected chi connectivity index (χ2v) is 5.49. The molecule has 1 N–H and O–H groups in total. The van der Waals surface area contributed by atoms with Crippen molar-refractivity contribution in [3.05, 3.63) is 53.5 Å². The highest BCUT2D eigenvalue weighted by Crippen LogP contribution is 2.12. The largest absolute Gasteiger partial charge is 0.373 e. The summed E-state index contributed by atoms with van der Waals surface area (Å²) in [6, 6.07) is 12.5. The lowest BCUT2D eigenvalue weighted by atomic mass is 10.1. The maximum Gasteiger partial charge on any atom is 0.131 e. The number of nitrogens with one attached hydrogen (secondary N) is 1. The van der Waals surface area contributed by atoms with Crippen molar-refractivity contribution in [2.24, 2.45) is 5.92 Å². The third-order valence-corrected chi connectivity index (χ3v) is 3.18. The van der Waals surface area contributed by atoms with E-state index in [0.717, 1.165) is 36.6 Å². The molecule has 1 aromatic heterocycles. The maximum absolute atomic E-state index is 4.69. The minimum absolute atomic E-state index is 0.608. The van der Waals surface area contributed by atoms with E-state index in [2.05, 4.69) is 53.4 Å². The SMILES string of the molecule is CNc1cc(CC(C)C)nc(CCc2ccccc2)n1. The van der Waals surface area contributed by atoms with Gasteiger partial charge in [-0.15, -0.1) is 0 Å². The monoisotopic (exact) mass is 269 g/mol. The van der Waals surface area contributed by atoms with Crippen LogP contribution in [0.2, 0.25) is 0 Å². The lowest BCUT2D eigenvalue weighted by Crippen LogP contribution is -2.07. The molecule has 0 saturated carbocycles. The van der Waals surface area contributed by atoms with E-state index in [0.29, 0.717) is 5.92 Å². The molecule has 0 saturated heterocycles. The number of hydrogen-bond acceptors (Lipinski definition) is 3. The predicted molar refractivity (Wildman–Crippen MR) is 84.0 cm³/mol. The Hall–Kier alpha value is -1.90. The van der Waals surface area contributed by atoms with E-state index in [1.54, 1.807) is 0 Å². The van der Waals surface area contributed by atoms with Crippen molar-refractivity contribution in [1.82, 2.24) is 9.97 Å². The molecular weight excluding hydrogens is 246 g/mol. The van der Waals surface area contributed by atoms with E-state index >= 15 is 0 Å². The number of benzene rings is 1. The Bertz CT molecular complexity index is 535. The van der Waals surface area contributed by atoms with Crippen LogP contribution in [0.5, 0.6) is 0 Å². The van der Waals surface area contributed by atoms with Gasteiger partial charge in [0.15, 0.2) is 0 Å². The van der Waals surface area contributed by atoms with Crippen LogP contribution in [-0.2, 0) is 19.3 Å². The van der Waals surface area contributed by atoms with Gasteiger partial charge >= 0.3 is 0 Å². The van der Waals surface area contributed by atoms with Crippen LogP contribution in [0.25, 0.3) is 0 Å². The molecule has 106 valence electrons. The molecule has 20 heavy (non-hydrogen) atoms. The molecule has 0 atom stereocenters. The summed E-state index contributed by atoms with van der Waals surface area (Å²) in [5.41, 5.74) is 2.46. The van der Waals surface area contributed by atoms with E-state index in [1.165, 1.54) is 5.56 Å². The van der Waals surface area contributed by atoms with Crippen LogP contribution in [0.15, 0.2) is 36.4 Å². The molecule has 0 aliphatic carbocycles. The van der Waals surface area contributed by atoms with Gasteiger partial charge in [0.2, 0.25) is 0 Å². The number of aryl methyl sites for hydroxylation is 2. The van der Waals surface area contributed by atoms with Crippen molar-refractivity contribution in [2.75, 3.05) is 12.4 Å². The molecule has 0 unspecified atom stereocenters. The predicted octanol–water partition coefficient (Wildman–Crippen LogP) is 3.50. The number of hydrogen-bond donors (Lipinski definition) is 1. The first kappa shape index (κ1) is 14.5. The normalized spacial score (nSPS) is 10.8. The Morgan fingerprint density at radius 3 is 2.45 bits per heavy atom. The first-order valence-electron chi connectivity index (χ1n) is 7.26. The van der Waals surface area contributed by atoms with Crippen molar-refractivity contribution in [3.63, 3.8) is 0 Å². The van der Waals surface area contributed by atoms with Crippen LogP contribution < -0.4 is 5.32 Å². The van der Waals surface area contributed by atoms with Gasteiger partial charge in [0.05, 0.1) is 0 Å². The first-order valence-corrected chi connectivity index (χ1v) is 7.26. The zero-order valence-corrected chi connectivity index (χ0v) is 12.6. The highest BCUT2D eigenvalue weighted by molar-refractivity contribution is 5.35. The topological polar surface area (TPSA) is 37.8 Å². The minimum Gasteiger partial charge on any atom is -0.373 e. The average molecular weight is 269 g/mol. The summed E-state index contributed by atoms with van der Waals surface area (Å²) < 4.78 is 0. The van der Waals surface area contributed by atoms with E-state index in [9.17, 15) is 0 Å². The standard InChI is InChI=1S/C17H23N3/c1-13(2)11-15-12-17(18-3)20-16(19-15)10-9-14-7-5-4-6-8-14/h4-8,12-13H,9-11H2,1-3H3,(H,18,19,20). The van der Waals surface area contributed by atoms with E-state index in [1.807, 2.05) is 19.2 Å². The molecule has 1 heterocycles. The third-order valence-electron chi connectivity index (χ3n) is 3.18. The highest BCUT2D eigenvalue weighted by Gasteiger charge is 2.06. The van der Waals surface area contributed by atoms with E-state index < -0.39 is 0 Å². The van der Waals surface area contributed by atoms with Crippen molar-refractivity contribution < 1.29 is 0 Å². The molecule has 0 bridgehead atoms. The van der Waals surface area contributed by atoms with Gasteiger partial charge in [-0.1, -0.05) is 44.2 Å². The molecule has 0 fully saturated rings. The minimum atomic E-state index is 0.608. The van der Waals surface area contributed by atoms with Crippen molar-refractivity contribution in [3.8, 4) is 0 Å². The molecule has 3 nitrogen and oxygen atoms in total. The maximum atomic E-state index is 4.69. The number of rotatable bonds is 6. The summed E-state index contributed by atoms with van der Waals surface area (Å²) in [6.07, 6.45) is 2.86. The Kier molecular flexibility index (Phi) is 5.10. The number of nitrogens with zero attached hydrogens (tertiary/aromatic N) is 2. The Morgan fingerprint density at radius 1 is 1.05 bits per heavy atom. The smallest absolute Gasteiger partial charge is 0.131 e. The van der Waals surface area contributed by atoms with Crippen LogP contribution in [0.4, 0.5) is 5.82 Å². The molecule has 0 aliphatic heterocycles. The molecule has 2 rings (SSSR count). The van der Waals surface area contributed by atoms with Gasteiger partial charge in [0.1, 0.15) is 11.6 Å². The van der Waals surface area contributed by atoms with Gasteiger partial charge in [-0.2, -0.15) is 0 Å². The van der Waals surface area contributed by atoms with Gasteiger partial charge < -0.3 is 5.32 Å². The van der Waals surface area contributed by atoms with Gasteiger partial charge in [-0.3, -0.25) is 0 Å². The summed E-state index contributed by atoms with van der Waals surface area (Å²) in [5.74, 6) is 2.45. The second-order valence-electron chi connectivity index (χ2n) is 5.49. The summed E-state index contributed by atoms with van der Waals surface area (Å²) in [6.45, 7) is 4.43. The van der Waals surface area contributed by atoms with Crippen LogP contribution in [0.3, 0.4) is 0 Å². The Balaban J connectivity index is 2.10. The van der Waals surface area contributed by atoms with Gasteiger partial charge in [0, 0.05) is 25.2 Å². The molecule has 3 heteroatoms. The Morgan fingerprint density at radius 2 is 1.80 bits per heavy atom. The Labute approximate surface area is 121 Å². The molecular formula is C17H23N3. The zero-order valence-electron chi connectivity index (χ0n) is 12.6. The second kappa shape index (κ2) is 7.04. The third kappa shape index (κ3) is 4.34. The van der Waals surface area contributed by atoms with Crippen LogP contribution in [0.1, 0.15) is 30.9 Å². The molecule has 0 amide bonds. The van der Waals surface area contributed by atoms with E-state index in [4.69, 9.17) is 0 Å². The number of aromatic nitrogens is 2. The van der Waals surface area contributed by atoms with Crippen LogP contribution in [0, 0.1) is 5.92 Å². The summed E-state index contributed by atoms with van der Waals surface area (Å²) in [4.78, 5) is 9.24. The van der Waals surface area contributed by atoms with Gasteiger partial charge in [0.25, 0.3) is 0 Å². The number of anilines is 1. The average Bonchev–Trinajstić information content (AvgIpc) is 2.45. The molecule has 0 spiro atoms. The summed E-state index contributed by atoms with van der Waals surface area (Å²) in [5, 5.41) is 3.13. The highest BCUT2D eigenvalue weighted by atomic mass is 15.0. The molecule has 2 aromatic rings. The van der Waals surface area contributed by atoms with Gasteiger partial charge in [-0.25, -0.2) is 9.97 Å². The lowest BCUT2D eigenvalue weighted by Gasteiger charge is -2.09. The fraction of sp³-hybridized carbons (Fsp3) is 0.412. The van der Waals surface area contributed by atoms with Crippen LogP contribution >= 0.6 is 0 Å². The zero-order chi connectivity index (χ0) is 14.4. The summed E-state index contributed by atoms with van der Waals surface area (Å²) >= 11 is 0. The van der Waals surface area contributed by atoms with E-state index in [-0.39, 0.29) is 0 Å². The molecule has 0 radical (unpaired) electrons. The van der Waals surface area contributed by atoms with Crippen molar-refractivity contribution >= 4 is 5.82 Å². The van der Waals surface area contributed by atoms with Crippen LogP contribution in [-0.4, -0.2) is 17.0 Å². The lowest BCUT2D eigenvalue weighted by molar-refractivity contribution is 0.630. The first-order chi connectivity index (χ1) is 9.67. The molecule has 0 aliphatic rings. The fourth-order valence-electron chi connectivity index (χ4n) is 2.22. The van der Waals surface area contributed by atoms with Gasteiger partial charge in [-0.05, 0) is 24.3 Å². The van der Waals surface area contributed by atoms with Crippen molar-refractivity contribution in [2.45, 2.75) is 33.1 Å². The quantitative estimate of drug-likeness (QED) is 0.872. The molecule has 1 aromatic carbocycles.